The largest absolute Gasteiger partial charge is 0.260 e. The van der Waals surface area contributed by atoms with Crippen LogP contribution in [0.15, 0.2) is 23.4 Å². The first kappa shape index (κ1) is 11.8. The lowest BCUT2D eigenvalue weighted by molar-refractivity contribution is 0.555. The number of sulfonamides is 1. The van der Waals surface area contributed by atoms with Crippen LogP contribution in [0.1, 0.15) is 12.8 Å². The molecule has 2 rings (SSSR count). The van der Waals surface area contributed by atoms with Crippen LogP contribution in [-0.2, 0) is 10.0 Å². The molecule has 0 spiro atoms. The highest BCUT2D eigenvalue weighted by Gasteiger charge is 2.45. The molecule has 1 aromatic heterocycles. The van der Waals surface area contributed by atoms with Crippen molar-refractivity contribution < 1.29 is 12.8 Å². The van der Waals surface area contributed by atoms with Crippen molar-refractivity contribution in [3.05, 3.63) is 24.3 Å². The van der Waals surface area contributed by atoms with Gasteiger partial charge in [-0.25, -0.2) is 17.5 Å². The third kappa shape index (κ3) is 2.34. The molecule has 1 aromatic rings. The fourth-order valence-electron chi connectivity index (χ4n) is 1.30. The molecular formula is C9H10ClFN2O2S. The third-order valence-electron chi connectivity index (χ3n) is 2.45. The second-order valence-corrected chi connectivity index (χ2v) is 5.81. The van der Waals surface area contributed by atoms with Gasteiger partial charge in [-0.05, 0) is 18.9 Å². The SMILES string of the molecule is O=S(=O)(NC1(CCl)CC1)c1cncc(F)c1. The van der Waals surface area contributed by atoms with E-state index in [0.717, 1.165) is 18.5 Å². The molecule has 1 N–H and O–H groups in total. The highest BCUT2D eigenvalue weighted by molar-refractivity contribution is 7.89. The molecule has 0 atom stereocenters. The van der Waals surface area contributed by atoms with E-state index in [2.05, 4.69) is 9.71 Å². The second kappa shape index (κ2) is 3.94. The molecule has 0 aromatic carbocycles. The monoisotopic (exact) mass is 264 g/mol. The molecule has 7 heteroatoms. The van der Waals surface area contributed by atoms with E-state index >= 15 is 0 Å². The van der Waals surface area contributed by atoms with Gasteiger partial charge in [-0.15, -0.1) is 11.6 Å². The molecule has 1 aliphatic rings. The summed E-state index contributed by atoms with van der Waals surface area (Å²) in [7, 11) is -3.73. The zero-order chi connectivity index (χ0) is 11.8. The normalized spacial score (nSPS) is 18.4. The lowest BCUT2D eigenvalue weighted by atomic mass is 10.4. The van der Waals surface area contributed by atoms with Crippen LogP contribution in [0, 0.1) is 5.82 Å². The summed E-state index contributed by atoms with van der Waals surface area (Å²) in [6, 6.07) is 0.930. The fraction of sp³-hybridized carbons (Fsp3) is 0.444. The Bertz CT molecular complexity index is 502. The van der Waals surface area contributed by atoms with Crippen LogP contribution in [0.4, 0.5) is 4.39 Å². The Morgan fingerprint density at radius 1 is 1.50 bits per heavy atom. The van der Waals surface area contributed by atoms with E-state index in [1.54, 1.807) is 0 Å². The Labute approximate surface area is 97.9 Å². The zero-order valence-electron chi connectivity index (χ0n) is 8.28. The Morgan fingerprint density at radius 2 is 2.19 bits per heavy atom. The van der Waals surface area contributed by atoms with Crippen molar-refractivity contribution in [1.29, 1.82) is 0 Å². The second-order valence-electron chi connectivity index (χ2n) is 3.86. The molecule has 0 unspecified atom stereocenters. The van der Waals surface area contributed by atoms with Crippen LogP contribution < -0.4 is 4.72 Å². The van der Waals surface area contributed by atoms with Crippen LogP contribution in [-0.4, -0.2) is 24.8 Å². The number of hydrogen-bond donors (Lipinski definition) is 1. The average Bonchev–Trinajstić information content (AvgIpc) is 2.98. The van der Waals surface area contributed by atoms with Gasteiger partial charge in [0.05, 0.1) is 6.20 Å². The Balaban J connectivity index is 2.26. The summed E-state index contributed by atoms with van der Waals surface area (Å²) in [5.74, 6) is -0.465. The predicted molar refractivity (Wildman–Crippen MR) is 57.2 cm³/mol. The number of hydrogen-bond acceptors (Lipinski definition) is 3. The number of nitrogens with one attached hydrogen (secondary N) is 1. The molecule has 16 heavy (non-hydrogen) atoms. The molecule has 0 amide bonds. The van der Waals surface area contributed by atoms with E-state index in [4.69, 9.17) is 11.6 Å². The number of alkyl halides is 1. The number of nitrogens with zero attached hydrogens (tertiary/aromatic N) is 1. The predicted octanol–water partition coefficient (Wildman–Crippen LogP) is 1.27. The lowest BCUT2D eigenvalue weighted by Gasteiger charge is -2.13. The number of aromatic nitrogens is 1. The van der Waals surface area contributed by atoms with E-state index < -0.39 is 21.4 Å². The fourth-order valence-corrected chi connectivity index (χ4v) is 3.14. The summed E-state index contributed by atoms with van der Waals surface area (Å²) < 4.78 is 39.0. The molecule has 0 radical (unpaired) electrons. The first-order chi connectivity index (χ1) is 7.47. The van der Waals surface area contributed by atoms with E-state index in [1.165, 1.54) is 0 Å². The zero-order valence-corrected chi connectivity index (χ0v) is 9.85. The summed E-state index contributed by atoms with van der Waals surface area (Å²) in [6.07, 6.45) is 3.47. The van der Waals surface area contributed by atoms with Gasteiger partial charge in [0.1, 0.15) is 10.7 Å². The maximum Gasteiger partial charge on any atom is 0.242 e. The maximum atomic E-state index is 12.8. The van der Waals surface area contributed by atoms with Crippen LogP contribution in [0.3, 0.4) is 0 Å². The molecular weight excluding hydrogens is 255 g/mol. The van der Waals surface area contributed by atoms with Gasteiger partial charge in [0.15, 0.2) is 0 Å². The minimum absolute atomic E-state index is 0.177. The molecule has 4 nitrogen and oxygen atoms in total. The van der Waals surface area contributed by atoms with Crippen molar-refractivity contribution >= 4 is 21.6 Å². The smallest absolute Gasteiger partial charge is 0.242 e. The topological polar surface area (TPSA) is 59.1 Å². The Kier molecular flexibility index (Phi) is 2.90. The Hall–Kier alpha value is -0.720. The Morgan fingerprint density at radius 3 is 2.69 bits per heavy atom. The minimum Gasteiger partial charge on any atom is -0.260 e. The summed E-state index contributed by atoms with van der Waals surface area (Å²) in [5, 5.41) is 0. The van der Waals surface area contributed by atoms with E-state index in [0.29, 0.717) is 12.8 Å². The number of rotatable bonds is 4. The van der Waals surface area contributed by atoms with Gasteiger partial charge in [-0.2, -0.15) is 0 Å². The molecule has 1 saturated carbocycles. The van der Waals surface area contributed by atoms with Crippen LogP contribution in [0.25, 0.3) is 0 Å². The average molecular weight is 265 g/mol. The van der Waals surface area contributed by atoms with Crippen molar-refractivity contribution in [3.8, 4) is 0 Å². The van der Waals surface area contributed by atoms with Crippen LogP contribution in [0.5, 0.6) is 0 Å². The first-order valence-corrected chi connectivity index (χ1v) is 6.70. The summed E-state index contributed by atoms with van der Waals surface area (Å²) in [6.45, 7) is 0. The molecule has 1 fully saturated rings. The molecule has 0 bridgehead atoms. The maximum absolute atomic E-state index is 12.8. The quantitative estimate of drug-likeness (QED) is 0.833. The van der Waals surface area contributed by atoms with Crippen LogP contribution >= 0.6 is 11.6 Å². The highest BCUT2D eigenvalue weighted by Crippen LogP contribution is 2.37. The molecule has 0 saturated heterocycles. The van der Waals surface area contributed by atoms with Crippen molar-refractivity contribution in [2.75, 3.05) is 5.88 Å². The van der Waals surface area contributed by atoms with Gasteiger partial charge >= 0.3 is 0 Å². The highest BCUT2D eigenvalue weighted by atomic mass is 35.5. The van der Waals surface area contributed by atoms with E-state index in [-0.39, 0.29) is 10.8 Å². The lowest BCUT2D eigenvalue weighted by Crippen LogP contribution is -2.38. The van der Waals surface area contributed by atoms with Crippen molar-refractivity contribution in [2.24, 2.45) is 0 Å². The minimum atomic E-state index is -3.73. The van der Waals surface area contributed by atoms with Gasteiger partial charge in [0.25, 0.3) is 0 Å². The number of halogens is 2. The van der Waals surface area contributed by atoms with Crippen molar-refractivity contribution in [1.82, 2.24) is 9.71 Å². The molecule has 0 aliphatic heterocycles. The van der Waals surface area contributed by atoms with E-state index in [9.17, 15) is 12.8 Å². The van der Waals surface area contributed by atoms with Crippen molar-refractivity contribution in [3.63, 3.8) is 0 Å². The summed E-state index contributed by atoms with van der Waals surface area (Å²) in [4.78, 5) is 3.32. The molecule has 1 heterocycles. The van der Waals surface area contributed by atoms with Gasteiger partial charge in [-0.3, -0.25) is 4.98 Å². The van der Waals surface area contributed by atoms with Gasteiger partial charge in [-0.1, -0.05) is 0 Å². The van der Waals surface area contributed by atoms with Gasteiger partial charge in [0, 0.05) is 17.6 Å². The standard InChI is InChI=1S/C9H10ClFN2O2S/c10-6-9(1-2-9)13-16(14,15)8-3-7(11)4-12-5-8/h3-5,13H,1-2,6H2. The van der Waals surface area contributed by atoms with Crippen LogP contribution in [0.2, 0.25) is 0 Å². The number of pyridine rings is 1. The van der Waals surface area contributed by atoms with Gasteiger partial charge in [0.2, 0.25) is 10.0 Å². The summed E-state index contributed by atoms with van der Waals surface area (Å²) in [5.41, 5.74) is -0.549. The molecule has 88 valence electrons. The van der Waals surface area contributed by atoms with Crippen molar-refractivity contribution in [2.45, 2.75) is 23.3 Å². The first-order valence-electron chi connectivity index (χ1n) is 4.68. The summed E-state index contributed by atoms with van der Waals surface area (Å²) >= 11 is 5.66. The van der Waals surface area contributed by atoms with Gasteiger partial charge < -0.3 is 0 Å². The van der Waals surface area contributed by atoms with E-state index in [1.807, 2.05) is 0 Å². The molecule has 1 aliphatic carbocycles. The third-order valence-corrected chi connectivity index (χ3v) is 4.51.